The van der Waals surface area contributed by atoms with Crippen LogP contribution in [0.1, 0.15) is 27.0 Å². The summed E-state index contributed by atoms with van der Waals surface area (Å²) in [7, 11) is 0. The SMILES string of the molecule is CC(=O)OC1COC(n2cnc3c(=O)[nH]cnc32)C(OC(C)=O)C1OC(C)=O. The summed E-state index contributed by atoms with van der Waals surface area (Å²) in [4.78, 5) is 57.1. The summed E-state index contributed by atoms with van der Waals surface area (Å²) in [5.74, 6) is -1.95. The zero-order valence-corrected chi connectivity index (χ0v) is 15.3. The molecule has 1 aliphatic heterocycles. The quantitative estimate of drug-likeness (QED) is 0.528. The molecule has 0 bridgehead atoms. The van der Waals surface area contributed by atoms with Crippen LogP contribution in [0.4, 0.5) is 0 Å². The molecule has 12 nitrogen and oxygen atoms in total. The van der Waals surface area contributed by atoms with Gasteiger partial charge in [0.25, 0.3) is 5.56 Å². The van der Waals surface area contributed by atoms with Gasteiger partial charge in [-0.1, -0.05) is 0 Å². The Kier molecular flexibility index (Phi) is 5.40. The normalized spacial score (nSPS) is 24.5. The fourth-order valence-corrected chi connectivity index (χ4v) is 3.01. The van der Waals surface area contributed by atoms with Gasteiger partial charge in [-0.05, 0) is 0 Å². The third-order valence-electron chi connectivity index (χ3n) is 3.96. The number of imidazole rings is 1. The third-order valence-corrected chi connectivity index (χ3v) is 3.96. The van der Waals surface area contributed by atoms with E-state index in [1.165, 1.54) is 38.0 Å². The maximum absolute atomic E-state index is 11.9. The number of ether oxygens (including phenoxy) is 4. The Morgan fingerprint density at radius 2 is 1.71 bits per heavy atom. The molecule has 0 aromatic carbocycles. The number of H-pyrrole nitrogens is 1. The van der Waals surface area contributed by atoms with Crippen molar-refractivity contribution in [3.63, 3.8) is 0 Å². The summed E-state index contributed by atoms with van der Waals surface area (Å²) in [6, 6.07) is 0. The van der Waals surface area contributed by atoms with Crippen molar-refractivity contribution in [1.29, 1.82) is 0 Å². The molecule has 0 aliphatic carbocycles. The van der Waals surface area contributed by atoms with Crippen molar-refractivity contribution in [3.8, 4) is 0 Å². The molecule has 12 heteroatoms. The van der Waals surface area contributed by atoms with Crippen molar-refractivity contribution < 1.29 is 33.3 Å². The molecular formula is C16H18N4O8. The number of rotatable bonds is 4. The Hall–Kier alpha value is -3.28. The molecule has 1 aliphatic rings. The highest BCUT2D eigenvalue weighted by molar-refractivity contribution is 5.70. The second kappa shape index (κ2) is 7.76. The lowest BCUT2D eigenvalue weighted by atomic mass is 10.0. The zero-order chi connectivity index (χ0) is 20.4. The van der Waals surface area contributed by atoms with Crippen LogP contribution in [0.2, 0.25) is 0 Å². The van der Waals surface area contributed by atoms with E-state index in [1.54, 1.807) is 0 Å². The molecule has 0 saturated carbocycles. The molecule has 28 heavy (non-hydrogen) atoms. The van der Waals surface area contributed by atoms with Crippen molar-refractivity contribution in [2.45, 2.75) is 45.3 Å². The van der Waals surface area contributed by atoms with E-state index in [1.807, 2.05) is 0 Å². The predicted molar refractivity (Wildman–Crippen MR) is 89.8 cm³/mol. The van der Waals surface area contributed by atoms with E-state index in [-0.39, 0.29) is 17.8 Å². The van der Waals surface area contributed by atoms with Gasteiger partial charge < -0.3 is 23.9 Å². The van der Waals surface area contributed by atoms with Crippen LogP contribution >= 0.6 is 0 Å². The first kappa shape index (κ1) is 19.5. The molecular weight excluding hydrogens is 376 g/mol. The number of hydrogen-bond donors (Lipinski definition) is 1. The number of hydrogen-bond acceptors (Lipinski definition) is 10. The highest BCUT2D eigenvalue weighted by atomic mass is 16.6. The fraction of sp³-hybridized carbons (Fsp3) is 0.500. The van der Waals surface area contributed by atoms with Crippen LogP contribution in [-0.4, -0.2) is 62.3 Å². The summed E-state index contributed by atoms with van der Waals surface area (Å²) in [6.45, 7) is 3.39. The molecule has 4 unspecified atom stereocenters. The number of aromatic nitrogens is 4. The number of aromatic amines is 1. The van der Waals surface area contributed by atoms with Gasteiger partial charge in [-0.3, -0.25) is 23.7 Å². The molecule has 3 heterocycles. The minimum atomic E-state index is -1.18. The second-order valence-electron chi connectivity index (χ2n) is 6.08. The van der Waals surface area contributed by atoms with Crippen molar-refractivity contribution in [2.24, 2.45) is 0 Å². The number of nitrogens with one attached hydrogen (secondary N) is 1. The van der Waals surface area contributed by atoms with E-state index in [0.29, 0.717) is 0 Å². The average Bonchev–Trinajstić information content (AvgIpc) is 3.02. The van der Waals surface area contributed by atoms with E-state index < -0.39 is 48.0 Å². The maximum atomic E-state index is 11.9. The summed E-state index contributed by atoms with van der Waals surface area (Å²) in [5, 5.41) is 0. The number of esters is 3. The van der Waals surface area contributed by atoms with E-state index in [2.05, 4.69) is 15.0 Å². The summed E-state index contributed by atoms with van der Waals surface area (Å²) >= 11 is 0. The van der Waals surface area contributed by atoms with Crippen LogP contribution in [0.3, 0.4) is 0 Å². The summed E-state index contributed by atoms with van der Waals surface area (Å²) in [6.07, 6.45) is -1.85. The first-order valence-electron chi connectivity index (χ1n) is 8.31. The van der Waals surface area contributed by atoms with Gasteiger partial charge in [0, 0.05) is 20.8 Å². The minimum Gasteiger partial charge on any atom is -0.456 e. The first-order chi connectivity index (χ1) is 13.3. The van der Waals surface area contributed by atoms with E-state index in [4.69, 9.17) is 18.9 Å². The lowest BCUT2D eigenvalue weighted by Crippen LogP contribution is -2.55. The van der Waals surface area contributed by atoms with Gasteiger partial charge in [0.05, 0.1) is 19.3 Å². The monoisotopic (exact) mass is 394 g/mol. The van der Waals surface area contributed by atoms with E-state index >= 15 is 0 Å². The summed E-state index contributed by atoms with van der Waals surface area (Å²) in [5.41, 5.74) is -0.227. The Labute approximate surface area is 157 Å². The standard InChI is InChI=1S/C16H18N4O8/c1-7(21)26-10-4-25-16(13(28-9(3)23)12(10)27-8(2)22)20-6-19-11-14(20)17-5-18-15(11)24/h5-6,10,12-13,16H,4H2,1-3H3,(H,17,18,24). The Bertz CT molecular complexity index is 967. The lowest BCUT2D eigenvalue weighted by molar-refractivity contribution is -0.239. The molecule has 0 amide bonds. The van der Waals surface area contributed by atoms with Crippen molar-refractivity contribution in [2.75, 3.05) is 6.61 Å². The van der Waals surface area contributed by atoms with Crippen LogP contribution in [0.5, 0.6) is 0 Å². The molecule has 2 aromatic heterocycles. The van der Waals surface area contributed by atoms with Gasteiger partial charge in [-0.25, -0.2) is 9.97 Å². The molecule has 0 spiro atoms. The molecule has 1 N–H and O–H groups in total. The maximum Gasteiger partial charge on any atom is 0.303 e. The Balaban J connectivity index is 2.05. The predicted octanol–water partition coefficient (Wildman–Crippen LogP) is -0.556. The van der Waals surface area contributed by atoms with Crippen LogP contribution in [0.15, 0.2) is 17.4 Å². The number of carbonyl (C=O) groups excluding carboxylic acids is 3. The van der Waals surface area contributed by atoms with Crippen LogP contribution in [0, 0.1) is 0 Å². The van der Waals surface area contributed by atoms with Crippen LogP contribution in [-0.2, 0) is 33.3 Å². The van der Waals surface area contributed by atoms with E-state index in [9.17, 15) is 19.2 Å². The van der Waals surface area contributed by atoms with Crippen molar-refractivity contribution >= 4 is 29.1 Å². The van der Waals surface area contributed by atoms with Gasteiger partial charge in [0.1, 0.15) is 0 Å². The van der Waals surface area contributed by atoms with Gasteiger partial charge in [0.2, 0.25) is 0 Å². The largest absolute Gasteiger partial charge is 0.456 e. The van der Waals surface area contributed by atoms with Crippen LogP contribution in [0.25, 0.3) is 11.2 Å². The first-order valence-corrected chi connectivity index (χ1v) is 8.31. The van der Waals surface area contributed by atoms with Gasteiger partial charge in [-0.15, -0.1) is 0 Å². The smallest absolute Gasteiger partial charge is 0.303 e. The average molecular weight is 394 g/mol. The number of nitrogens with zero attached hydrogens (tertiary/aromatic N) is 3. The molecule has 4 atom stereocenters. The molecule has 1 saturated heterocycles. The molecule has 1 fully saturated rings. The van der Waals surface area contributed by atoms with Crippen molar-refractivity contribution in [3.05, 3.63) is 23.0 Å². The third kappa shape index (κ3) is 3.86. The van der Waals surface area contributed by atoms with Gasteiger partial charge in [0.15, 0.2) is 35.7 Å². The Morgan fingerprint density at radius 3 is 2.36 bits per heavy atom. The summed E-state index contributed by atoms with van der Waals surface area (Å²) < 4.78 is 22.9. The fourth-order valence-electron chi connectivity index (χ4n) is 3.01. The number of carbonyl (C=O) groups is 3. The topological polar surface area (TPSA) is 152 Å². The van der Waals surface area contributed by atoms with E-state index in [0.717, 1.165) is 0 Å². The zero-order valence-electron chi connectivity index (χ0n) is 15.3. The second-order valence-corrected chi connectivity index (χ2v) is 6.08. The molecule has 0 radical (unpaired) electrons. The van der Waals surface area contributed by atoms with Crippen molar-refractivity contribution in [1.82, 2.24) is 19.5 Å². The molecule has 150 valence electrons. The molecule has 3 rings (SSSR count). The highest BCUT2D eigenvalue weighted by Gasteiger charge is 2.48. The minimum absolute atomic E-state index is 0.0545. The van der Waals surface area contributed by atoms with Crippen LogP contribution < -0.4 is 5.56 Å². The highest BCUT2D eigenvalue weighted by Crippen LogP contribution is 2.32. The molecule has 2 aromatic rings. The lowest BCUT2D eigenvalue weighted by Gasteiger charge is -2.40. The number of fused-ring (bicyclic) bond motifs is 1. The van der Waals surface area contributed by atoms with Gasteiger partial charge >= 0.3 is 17.9 Å². The Morgan fingerprint density at radius 1 is 1.07 bits per heavy atom. The van der Waals surface area contributed by atoms with Gasteiger partial charge in [-0.2, -0.15) is 0 Å².